The Balaban J connectivity index is 2.07. The van der Waals surface area contributed by atoms with E-state index in [0.717, 1.165) is 34.4 Å². The van der Waals surface area contributed by atoms with E-state index in [1.807, 2.05) is 29.7 Å². The van der Waals surface area contributed by atoms with E-state index in [0.29, 0.717) is 11.1 Å². The van der Waals surface area contributed by atoms with Crippen molar-refractivity contribution >= 4 is 33.7 Å². The summed E-state index contributed by atoms with van der Waals surface area (Å²) in [5.41, 5.74) is 2.09. The van der Waals surface area contributed by atoms with Crippen LogP contribution in [0.2, 0.25) is 0 Å². The lowest BCUT2D eigenvalue weighted by atomic mass is 10.2. The predicted octanol–water partition coefficient (Wildman–Crippen LogP) is 3.39. The van der Waals surface area contributed by atoms with Crippen LogP contribution in [0, 0.1) is 6.92 Å². The van der Waals surface area contributed by atoms with Crippen LogP contribution in [0.5, 0.6) is 0 Å². The summed E-state index contributed by atoms with van der Waals surface area (Å²) in [5, 5.41) is 18.0. The molecule has 0 atom stereocenters. The first-order valence-corrected chi connectivity index (χ1v) is 8.41. The van der Waals surface area contributed by atoms with Gasteiger partial charge in [-0.25, -0.2) is 0 Å². The van der Waals surface area contributed by atoms with Crippen molar-refractivity contribution in [3.63, 3.8) is 0 Å². The molecule has 110 valence electrons. The van der Waals surface area contributed by atoms with Crippen LogP contribution in [-0.2, 0) is 4.79 Å². The van der Waals surface area contributed by atoms with E-state index in [4.69, 9.17) is 5.11 Å². The topological polar surface area (TPSA) is 68.0 Å². The van der Waals surface area contributed by atoms with Gasteiger partial charge in [0, 0.05) is 10.4 Å². The van der Waals surface area contributed by atoms with E-state index in [1.165, 1.54) is 11.8 Å². The first-order valence-electron chi connectivity index (χ1n) is 6.63. The minimum atomic E-state index is -0.856. The van der Waals surface area contributed by atoms with E-state index in [9.17, 15) is 4.79 Å². The van der Waals surface area contributed by atoms with Crippen LogP contribution >= 0.6 is 27.7 Å². The third-order valence-corrected chi connectivity index (χ3v) is 5.28. The second-order valence-electron chi connectivity index (χ2n) is 5.04. The number of carboxylic acid groups (broad SMARTS) is 1. The Morgan fingerprint density at radius 2 is 2.24 bits per heavy atom. The Labute approximate surface area is 134 Å². The van der Waals surface area contributed by atoms with Gasteiger partial charge in [0.2, 0.25) is 0 Å². The van der Waals surface area contributed by atoms with Crippen molar-refractivity contribution < 1.29 is 9.90 Å². The van der Waals surface area contributed by atoms with Gasteiger partial charge in [-0.2, -0.15) is 0 Å². The van der Waals surface area contributed by atoms with Crippen LogP contribution in [0.3, 0.4) is 0 Å². The highest BCUT2D eigenvalue weighted by Crippen LogP contribution is 2.42. The predicted molar refractivity (Wildman–Crippen MR) is 84.1 cm³/mol. The first-order chi connectivity index (χ1) is 10.1. The number of aliphatic carboxylic acids is 1. The number of nitrogens with zero attached hydrogens (tertiary/aromatic N) is 3. The molecule has 1 aromatic heterocycles. The van der Waals surface area contributed by atoms with Gasteiger partial charge in [-0.1, -0.05) is 23.9 Å². The number of aromatic nitrogens is 3. The molecule has 1 heterocycles. The molecule has 0 radical (unpaired) electrons. The lowest BCUT2D eigenvalue weighted by molar-refractivity contribution is -0.133. The van der Waals surface area contributed by atoms with Gasteiger partial charge in [-0.05, 0) is 47.3 Å². The number of thioether (sulfide) groups is 1. The van der Waals surface area contributed by atoms with E-state index >= 15 is 0 Å². The zero-order valence-electron chi connectivity index (χ0n) is 11.4. The molecule has 0 bridgehead atoms. The molecule has 0 saturated heterocycles. The average Bonchev–Trinajstić information content (AvgIpc) is 3.20. The number of aryl methyl sites for hydroxylation is 1. The van der Waals surface area contributed by atoms with Gasteiger partial charge in [-0.3, -0.25) is 9.36 Å². The standard InChI is InChI=1S/C14H14BrN3O2S/c1-8-3-2-4-10(12(8)15)18-13(9-5-6-9)16-17-14(18)21-7-11(19)20/h2-4,9H,5-7H2,1H3,(H,19,20). The smallest absolute Gasteiger partial charge is 0.313 e. The molecule has 0 aliphatic heterocycles. The summed E-state index contributed by atoms with van der Waals surface area (Å²) in [6, 6.07) is 6.01. The molecule has 1 aromatic carbocycles. The van der Waals surface area contributed by atoms with Gasteiger partial charge in [0.1, 0.15) is 5.82 Å². The zero-order chi connectivity index (χ0) is 15.0. The van der Waals surface area contributed by atoms with Crippen LogP contribution < -0.4 is 0 Å². The molecule has 7 heteroatoms. The number of halogens is 1. The van der Waals surface area contributed by atoms with Crippen LogP contribution in [-0.4, -0.2) is 31.6 Å². The van der Waals surface area contributed by atoms with Gasteiger partial charge >= 0.3 is 5.97 Å². The molecule has 1 N–H and O–H groups in total. The summed E-state index contributed by atoms with van der Waals surface area (Å²) >= 11 is 4.82. The maximum Gasteiger partial charge on any atom is 0.313 e. The van der Waals surface area contributed by atoms with Crippen molar-refractivity contribution in [2.45, 2.75) is 30.8 Å². The third-order valence-electron chi connectivity index (χ3n) is 3.34. The average molecular weight is 368 g/mol. The summed E-state index contributed by atoms with van der Waals surface area (Å²) in [4.78, 5) is 10.8. The van der Waals surface area contributed by atoms with Crippen molar-refractivity contribution in [3.8, 4) is 5.69 Å². The summed E-state index contributed by atoms with van der Waals surface area (Å²) in [7, 11) is 0. The van der Waals surface area contributed by atoms with E-state index in [2.05, 4.69) is 26.1 Å². The Bertz CT molecular complexity index is 698. The molecular weight excluding hydrogens is 354 g/mol. The fourth-order valence-electron chi connectivity index (χ4n) is 2.14. The molecular formula is C14H14BrN3O2S. The normalized spacial score (nSPS) is 14.4. The number of hydrogen-bond acceptors (Lipinski definition) is 4. The minimum absolute atomic E-state index is 0.0216. The minimum Gasteiger partial charge on any atom is -0.481 e. The highest BCUT2D eigenvalue weighted by atomic mass is 79.9. The quantitative estimate of drug-likeness (QED) is 0.820. The molecule has 21 heavy (non-hydrogen) atoms. The van der Waals surface area contributed by atoms with Crippen molar-refractivity contribution in [1.29, 1.82) is 0 Å². The Morgan fingerprint density at radius 3 is 2.90 bits per heavy atom. The molecule has 3 rings (SSSR count). The Kier molecular flexibility index (Phi) is 4.03. The molecule has 2 aromatic rings. The summed E-state index contributed by atoms with van der Waals surface area (Å²) in [6.45, 7) is 2.03. The molecule has 5 nitrogen and oxygen atoms in total. The summed E-state index contributed by atoms with van der Waals surface area (Å²) in [5.74, 6) is 0.482. The van der Waals surface area contributed by atoms with Crippen LogP contribution in [0.4, 0.5) is 0 Å². The monoisotopic (exact) mass is 367 g/mol. The lowest BCUT2D eigenvalue weighted by Gasteiger charge is -2.12. The maximum atomic E-state index is 10.8. The molecule has 0 spiro atoms. The van der Waals surface area contributed by atoms with Crippen molar-refractivity contribution in [2.24, 2.45) is 0 Å². The SMILES string of the molecule is Cc1cccc(-n2c(SCC(=O)O)nnc2C2CC2)c1Br. The Hall–Kier alpha value is -1.34. The number of carboxylic acids is 1. The zero-order valence-corrected chi connectivity index (χ0v) is 13.8. The highest BCUT2D eigenvalue weighted by molar-refractivity contribution is 9.10. The van der Waals surface area contributed by atoms with E-state index in [-0.39, 0.29) is 5.75 Å². The largest absolute Gasteiger partial charge is 0.481 e. The summed E-state index contributed by atoms with van der Waals surface area (Å²) < 4.78 is 2.98. The summed E-state index contributed by atoms with van der Waals surface area (Å²) in [6.07, 6.45) is 2.23. The number of rotatable bonds is 5. The number of hydrogen-bond donors (Lipinski definition) is 1. The van der Waals surface area contributed by atoms with Crippen LogP contribution in [0.15, 0.2) is 27.8 Å². The van der Waals surface area contributed by atoms with Crippen molar-refractivity contribution in [3.05, 3.63) is 34.1 Å². The number of benzene rings is 1. The van der Waals surface area contributed by atoms with Crippen LogP contribution in [0.1, 0.15) is 30.1 Å². The highest BCUT2D eigenvalue weighted by Gasteiger charge is 2.31. The van der Waals surface area contributed by atoms with Gasteiger partial charge in [0.25, 0.3) is 0 Å². The fraction of sp³-hybridized carbons (Fsp3) is 0.357. The second kappa shape index (κ2) is 5.81. The van der Waals surface area contributed by atoms with Gasteiger partial charge in [0.15, 0.2) is 5.16 Å². The molecule has 1 aliphatic rings. The number of carbonyl (C=O) groups is 1. The van der Waals surface area contributed by atoms with Crippen molar-refractivity contribution in [2.75, 3.05) is 5.75 Å². The fourth-order valence-corrected chi connectivity index (χ4v) is 3.25. The maximum absolute atomic E-state index is 10.8. The molecule has 1 fully saturated rings. The van der Waals surface area contributed by atoms with E-state index < -0.39 is 5.97 Å². The van der Waals surface area contributed by atoms with Gasteiger partial charge < -0.3 is 5.11 Å². The van der Waals surface area contributed by atoms with E-state index in [1.54, 1.807) is 0 Å². The first kappa shape index (κ1) is 14.6. The molecule has 1 saturated carbocycles. The molecule has 0 unspecified atom stereocenters. The molecule has 0 amide bonds. The van der Waals surface area contributed by atoms with Crippen molar-refractivity contribution in [1.82, 2.24) is 14.8 Å². The molecule has 1 aliphatic carbocycles. The van der Waals surface area contributed by atoms with Crippen LogP contribution in [0.25, 0.3) is 5.69 Å². The van der Waals surface area contributed by atoms with Gasteiger partial charge in [-0.15, -0.1) is 10.2 Å². The Morgan fingerprint density at radius 1 is 1.48 bits per heavy atom. The lowest BCUT2D eigenvalue weighted by Crippen LogP contribution is -2.05. The second-order valence-corrected chi connectivity index (χ2v) is 6.78. The van der Waals surface area contributed by atoms with Gasteiger partial charge in [0.05, 0.1) is 11.4 Å². The third kappa shape index (κ3) is 2.98.